The van der Waals surface area contributed by atoms with Crippen molar-refractivity contribution >= 4 is 35.5 Å². The highest BCUT2D eigenvalue weighted by atomic mass is 19.4. The van der Waals surface area contributed by atoms with Crippen molar-refractivity contribution in [2.24, 2.45) is 28.1 Å². The van der Waals surface area contributed by atoms with Crippen LogP contribution in [0.4, 0.5) is 26.3 Å². The largest absolute Gasteiger partial charge is 0.508 e. The highest BCUT2D eigenvalue weighted by Gasteiger charge is 2.41. The number of carbonyl (C=O) groups excluding carboxylic acids is 5. The Morgan fingerprint density at radius 1 is 0.877 bits per heavy atom. The number of aryl methyl sites for hydroxylation is 2. The summed E-state index contributed by atoms with van der Waals surface area (Å²) in [6, 6.07) is 17.1. The minimum absolute atomic E-state index is 0.0317. The Bertz CT molecular complexity index is 2620. The number of amides is 5. The molecule has 2 heterocycles. The Labute approximate surface area is 419 Å². The van der Waals surface area contributed by atoms with Gasteiger partial charge in [-0.2, -0.15) is 26.3 Å². The predicted molar refractivity (Wildman–Crippen MR) is 260 cm³/mol. The van der Waals surface area contributed by atoms with E-state index < -0.39 is 83.6 Å². The van der Waals surface area contributed by atoms with Crippen molar-refractivity contribution in [3.63, 3.8) is 0 Å². The first kappa shape index (κ1) is 55.2. The summed E-state index contributed by atoms with van der Waals surface area (Å²) >= 11 is 0. The van der Waals surface area contributed by atoms with E-state index in [4.69, 9.17) is 17.2 Å². The molecule has 0 unspecified atom stereocenters. The fourth-order valence-electron chi connectivity index (χ4n) is 9.60. The quantitative estimate of drug-likeness (QED) is 0.0353. The molecule has 15 nitrogen and oxygen atoms in total. The van der Waals surface area contributed by atoms with Crippen molar-refractivity contribution in [1.82, 2.24) is 25.3 Å². The minimum atomic E-state index is -5.06. The topological polar surface area (TPSA) is 230 Å². The number of nitrogens with two attached hydrogens (primary N) is 3. The lowest BCUT2D eigenvalue weighted by atomic mass is 9.79. The predicted octanol–water partition coefficient (Wildman–Crippen LogP) is 5.21. The minimum Gasteiger partial charge on any atom is -0.508 e. The Balaban J connectivity index is 1.15. The number of piperidine rings is 1. The Morgan fingerprint density at radius 3 is 2.11 bits per heavy atom. The van der Waals surface area contributed by atoms with Crippen LogP contribution in [0.1, 0.15) is 81.7 Å². The number of phenols is 1. The van der Waals surface area contributed by atoms with Gasteiger partial charge in [0.15, 0.2) is 5.96 Å². The van der Waals surface area contributed by atoms with Gasteiger partial charge in [0.1, 0.15) is 17.8 Å². The molecule has 9 N–H and O–H groups in total. The maximum absolute atomic E-state index is 14.5. The summed E-state index contributed by atoms with van der Waals surface area (Å²) in [4.78, 5) is 78.6. The van der Waals surface area contributed by atoms with E-state index in [-0.39, 0.29) is 100 Å². The number of alkyl halides is 6. The van der Waals surface area contributed by atoms with Crippen molar-refractivity contribution in [1.29, 1.82) is 0 Å². The molecule has 2 aliphatic heterocycles. The van der Waals surface area contributed by atoms with Crippen LogP contribution in [-0.2, 0) is 62.3 Å². The highest BCUT2D eigenvalue weighted by Crippen LogP contribution is 2.38. The van der Waals surface area contributed by atoms with Gasteiger partial charge in [-0.25, -0.2) is 0 Å². The first-order valence-corrected chi connectivity index (χ1v) is 23.8. The molecule has 392 valence electrons. The van der Waals surface area contributed by atoms with E-state index in [0.717, 1.165) is 32.7 Å². The molecule has 2 aliphatic rings. The molecule has 21 heteroatoms. The number of aliphatic imine (C=N–C) groups is 1. The van der Waals surface area contributed by atoms with Gasteiger partial charge in [0, 0.05) is 71.0 Å². The summed E-state index contributed by atoms with van der Waals surface area (Å²) in [7, 11) is 1.31. The third-order valence-electron chi connectivity index (χ3n) is 13.4. The number of halogens is 6. The summed E-state index contributed by atoms with van der Waals surface area (Å²) in [6.45, 7) is 3.39. The number of aromatic hydroxyl groups is 1. The Hall–Kier alpha value is -7.16. The number of likely N-dealkylation sites (tertiary alicyclic amines) is 1. The van der Waals surface area contributed by atoms with E-state index in [1.165, 1.54) is 11.9 Å². The zero-order valence-electron chi connectivity index (χ0n) is 40.7. The Morgan fingerprint density at radius 2 is 1.49 bits per heavy atom. The maximum atomic E-state index is 14.5. The van der Waals surface area contributed by atoms with Gasteiger partial charge in [0.2, 0.25) is 29.5 Å². The van der Waals surface area contributed by atoms with Gasteiger partial charge >= 0.3 is 12.4 Å². The highest BCUT2D eigenvalue weighted by molar-refractivity contribution is 5.93. The molecule has 73 heavy (non-hydrogen) atoms. The number of phenolic OH excluding ortho intramolecular Hbond substituents is 1. The van der Waals surface area contributed by atoms with Crippen LogP contribution in [0.15, 0.2) is 89.9 Å². The summed E-state index contributed by atoms with van der Waals surface area (Å²) in [6.07, 6.45) is -9.58. The van der Waals surface area contributed by atoms with Gasteiger partial charge < -0.3 is 47.6 Å². The molecule has 0 bridgehead atoms. The molecule has 0 radical (unpaired) electrons. The molecule has 4 aromatic rings. The third kappa shape index (κ3) is 14.5. The standard InChI is InChI=1S/C52H61F6N9O6/c1-30-20-38(68)21-31(2)40(30)26-42(59)46(70)63-43(14-9-17-62-50(60)61)47(71)64-44-24-34-12-7-8-13-35(34)28-67(49(44)73)19-16-45(69)66-18-15-39(41(29-66)33-10-5-4-6-11-33)48(72)65(3)27-32-22-36(51(53,54)55)25-37(23-32)52(56,57)58/h4-8,10-13,20-23,25,39,41-44,68H,9,14-19,24,26-29,59H2,1-3H3,(H,63,70)(H,64,71)(H4,60,61,62)/t39-,41+,42+,43-,44+/m1/s1. The van der Waals surface area contributed by atoms with Crippen molar-refractivity contribution in [3.8, 4) is 5.75 Å². The second-order valence-corrected chi connectivity index (χ2v) is 18.8. The third-order valence-corrected chi connectivity index (χ3v) is 13.4. The zero-order chi connectivity index (χ0) is 53.4. The number of rotatable bonds is 17. The molecule has 0 aromatic heterocycles. The number of hydrogen-bond donors (Lipinski definition) is 6. The van der Waals surface area contributed by atoms with E-state index in [1.807, 2.05) is 18.2 Å². The summed E-state index contributed by atoms with van der Waals surface area (Å²) < 4.78 is 81.9. The van der Waals surface area contributed by atoms with Crippen LogP contribution in [0, 0.1) is 19.8 Å². The van der Waals surface area contributed by atoms with Gasteiger partial charge in [-0.05, 0) is 109 Å². The van der Waals surface area contributed by atoms with E-state index in [0.29, 0.717) is 17.7 Å². The summed E-state index contributed by atoms with van der Waals surface area (Å²) in [5, 5.41) is 15.6. The van der Waals surface area contributed by atoms with Gasteiger partial charge in [-0.1, -0.05) is 54.6 Å². The molecule has 0 saturated carbocycles. The number of benzene rings is 4. The number of hydrogen-bond acceptors (Lipinski definition) is 8. The number of nitrogens with zero attached hydrogens (tertiary/aromatic N) is 4. The first-order valence-electron chi connectivity index (χ1n) is 23.8. The SMILES string of the molecule is Cc1cc(O)cc(C)c1C[C@H](N)C(=O)N[C@H](CCCN=C(N)N)C(=O)N[C@H]1Cc2ccccc2CN(CCC(=O)N2CC[C@@H](C(=O)N(C)Cc3cc(C(F)(F)F)cc(C(F)(F)F)c3)[C@H](c3ccccc3)C2)C1=O. The van der Waals surface area contributed by atoms with Gasteiger partial charge in [0.25, 0.3) is 0 Å². The maximum Gasteiger partial charge on any atom is 0.416 e. The van der Waals surface area contributed by atoms with Crippen molar-refractivity contribution in [2.75, 3.05) is 33.2 Å². The molecule has 1 fully saturated rings. The second kappa shape index (κ2) is 23.6. The smallest absolute Gasteiger partial charge is 0.416 e. The van der Waals surface area contributed by atoms with E-state index >= 15 is 0 Å². The van der Waals surface area contributed by atoms with Crippen LogP contribution in [0.2, 0.25) is 0 Å². The van der Waals surface area contributed by atoms with E-state index in [1.54, 1.807) is 67.3 Å². The normalized spacial score (nSPS) is 17.9. The molecule has 0 aliphatic carbocycles. The fraction of sp³-hybridized carbons (Fsp3) is 0.423. The monoisotopic (exact) mass is 1020 g/mol. The number of guanidine groups is 1. The van der Waals surface area contributed by atoms with Crippen LogP contribution in [0.3, 0.4) is 0 Å². The van der Waals surface area contributed by atoms with Crippen LogP contribution >= 0.6 is 0 Å². The average Bonchev–Trinajstić information content (AvgIpc) is 3.46. The van der Waals surface area contributed by atoms with Crippen molar-refractivity contribution in [3.05, 3.63) is 135 Å². The summed E-state index contributed by atoms with van der Waals surface area (Å²) in [5.74, 6) is -4.10. The number of carbonyl (C=O) groups is 5. The molecule has 4 aromatic carbocycles. The lowest BCUT2D eigenvalue weighted by Gasteiger charge is -2.40. The molecule has 0 spiro atoms. The second-order valence-electron chi connectivity index (χ2n) is 18.8. The van der Waals surface area contributed by atoms with Crippen molar-refractivity contribution in [2.45, 2.75) is 102 Å². The summed E-state index contributed by atoms with van der Waals surface area (Å²) in [5.41, 5.74) is 18.6. The van der Waals surface area contributed by atoms with E-state index in [9.17, 15) is 55.4 Å². The van der Waals surface area contributed by atoms with Gasteiger partial charge in [-0.3, -0.25) is 29.0 Å². The van der Waals surface area contributed by atoms with Crippen LogP contribution in [0.25, 0.3) is 0 Å². The molecular weight excluding hydrogens is 961 g/mol. The van der Waals surface area contributed by atoms with Gasteiger partial charge in [0.05, 0.1) is 17.2 Å². The first-order chi connectivity index (χ1) is 34.4. The molecular formula is C52H61F6N9O6. The molecule has 1 saturated heterocycles. The zero-order valence-corrected chi connectivity index (χ0v) is 40.7. The number of nitrogens with one attached hydrogen (secondary N) is 2. The van der Waals surface area contributed by atoms with E-state index in [2.05, 4.69) is 15.6 Å². The fourth-order valence-corrected chi connectivity index (χ4v) is 9.60. The molecule has 5 amide bonds. The van der Waals surface area contributed by atoms with Crippen molar-refractivity contribution < 1.29 is 55.4 Å². The number of fused-ring (bicyclic) bond motifs is 1. The molecule has 5 atom stereocenters. The molecule has 6 rings (SSSR count). The lowest BCUT2D eigenvalue weighted by Crippen LogP contribution is -2.56. The van der Waals surface area contributed by atoms with Crippen LogP contribution in [0.5, 0.6) is 5.75 Å². The lowest BCUT2D eigenvalue weighted by molar-refractivity contribution is -0.144. The van der Waals surface area contributed by atoms with Crippen LogP contribution in [-0.4, -0.2) is 107 Å². The van der Waals surface area contributed by atoms with Crippen LogP contribution < -0.4 is 27.8 Å². The average molecular weight is 1020 g/mol. The van der Waals surface area contributed by atoms with Gasteiger partial charge in [-0.15, -0.1) is 0 Å². The Kier molecular flexibility index (Phi) is 17.8.